The van der Waals surface area contributed by atoms with Crippen molar-refractivity contribution in [1.82, 2.24) is 5.16 Å². The number of rotatable bonds is 7. The molecule has 2 aromatic rings. The molecule has 7 heteroatoms. The van der Waals surface area contributed by atoms with Gasteiger partial charge in [-0.1, -0.05) is 5.16 Å². The molecule has 0 amide bonds. The molecule has 0 N–H and O–H groups in total. The van der Waals surface area contributed by atoms with Crippen molar-refractivity contribution in [2.24, 2.45) is 0 Å². The Labute approximate surface area is 123 Å². The average molecular weight is 311 g/mol. The second-order valence-corrected chi connectivity index (χ2v) is 6.06. The largest absolute Gasteiger partial charge is 0.497 e. The van der Waals surface area contributed by atoms with Gasteiger partial charge in [-0.25, -0.2) is 0 Å². The van der Waals surface area contributed by atoms with Crippen LogP contribution >= 0.6 is 7.60 Å². The number of benzene rings is 1. The Bertz CT molecular complexity index is 613. The number of aromatic nitrogens is 1. The molecule has 0 aliphatic rings. The smallest absolute Gasteiger partial charge is 0.399 e. The summed E-state index contributed by atoms with van der Waals surface area (Å²) in [6.45, 7) is 4.00. The van der Waals surface area contributed by atoms with E-state index < -0.39 is 7.60 Å². The van der Waals surface area contributed by atoms with Crippen molar-refractivity contribution in [3.05, 3.63) is 30.3 Å². The van der Waals surface area contributed by atoms with Gasteiger partial charge in [-0.2, -0.15) is 0 Å². The van der Waals surface area contributed by atoms with Crippen LogP contribution in [-0.2, 0) is 13.6 Å². The molecule has 0 saturated carbocycles. The molecule has 6 nitrogen and oxygen atoms in total. The molecule has 0 fully saturated rings. The summed E-state index contributed by atoms with van der Waals surface area (Å²) in [7, 11) is -1.84. The molecule has 1 heterocycles. The van der Waals surface area contributed by atoms with Crippen LogP contribution in [0.15, 0.2) is 34.9 Å². The molecule has 0 saturated heterocycles. The fourth-order valence-electron chi connectivity index (χ4n) is 1.80. The van der Waals surface area contributed by atoms with E-state index in [1.807, 2.05) is 24.3 Å². The lowest BCUT2D eigenvalue weighted by molar-refractivity contribution is 0.223. The third kappa shape index (κ3) is 3.53. The first-order valence-corrected chi connectivity index (χ1v) is 8.18. The highest BCUT2D eigenvalue weighted by Gasteiger charge is 2.32. The van der Waals surface area contributed by atoms with E-state index in [4.69, 9.17) is 18.3 Å². The van der Waals surface area contributed by atoms with Crippen molar-refractivity contribution in [2.75, 3.05) is 20.3 Å². The SMILES string of the molecule is CCOP(=O)(OCC)c1cc(-c2ccc(OC)cc2)no1. The van der Waals surface area contributed by atoms with Crippen molar-refractivity contribution < 1.29 is 22.9 Å². The molecule has 0 bridgehead atoms. The van der Waals surface area contributed by atoms with E-state index in [1.54, 1.807) is 27.0 Å². The van der Waals surface area contributed by atoms with Crippen LogP contribution in [0.25, 0.3) is 11.3 Å². The Morgan fingerprint density at radius 3 is 2.29 bits per heavy atom. The van der Waals surface area contributed by atoms with Crippen LogP contribution in [-0.4, -0.2) is 25.5 Å². The maximum atomic E-state index is 12.6. The minimum absolute atomic E-state index is 0.108. The van der Waals surface area contributed by atoms with Gasteiger partial charge in [-0.3, -0.25) is 4.57 Å². The molecule has 2 rings (SSSR count). The monoisotopic (exact) mass is 311 g/mol. The predicted molar refractivity (Wildman–Crippen MR) is 79.0 cm³/mol. The normalized spacial score (nSPS) is 11.6. The summed E-state index contributed by atoms with van der Waals surface area (Å²) >= 11 is 0. The molecule has 0 aliphatic heterocycles. The molecule has 1 aromatic carbocycles. The van der Waals surface area contributed by atoms with Crippen LogP contribution in [0.5, 0.6) is 5.75 Å². The highest BCUT2D eigenvalue weighted by Crippen LogP contribution is 2.47. The van der Waals surface area contributed by atoms with E-state index in [0.29, 0.717) is 5.69 Å². The van der Waals surface area contributed by atoms with E-state index >= 15 is 0 Å². The van der Waals surface area contributed by atoms with Crippen molar-refractivity contribution >= 4 is 13.1 Å². The third-order valence-corrected chi connectivity index (χ3v) is 4.70. The maximum Gasteiger partial charge on any atom is 0.399 e. The molecule has 0 atom stereocenters. The average Bonchev–Trinajstić information content (AvgIpc) is 2.98. The van der Waals surface area contributed by atoms with Gasteiger partial charge in [0.15, 0.2) is 0 Å². The van der Waals surface area contributed by atoms with Gasteiger partial charge in [0.1, 0.15) is 11.4 Å². The van der Waals surface area contributed by atoms with E-state index in [2.05, 4.69) is 5.16 Å². The summed E-state index contributed by atoms with van der Waals surface area (Å²) in [6.07, 6.45) is 0. The van der Waals surface area contributed by atoms with E-state index in [-0.39, 0.29) is 18.7 Å². The Balaban J connectivity index is 2.29. The molecule has 0 unspecified atom stereocenters. The molecular weight excluding hydrogens is 293 g/mol. The Morgan fingerprint density at radius 1 is 1.14 bits per heavy atom. The first kappa shape index (κ1) is 15.8. The minimum atomic E-state index is -3.44. The lowest BCUT2D eigenvalue weighted by Crippen LogP contribution is -2.08. The van der Waals surface area contributed by atoms with Crippen LogP contribution in [0.2, 0.25) is 0 Å². The third-order valence-electron chi connectivity index (χ3n) is 2.75. The number of hydrogen-bond acceptors (Lipinski definition) is 6. The number of hydrogen-bond donors (Lipinski definition) is 0. The summed E-state index contributed by atoms with van der Waals surface area (Å²) in [4.78, 5) is 0. The molecule has 0 radical (unpaired) electrons. The molecule has 21 heavy (non-hydrogen) atoms. The standard InChI is InChI=1S/C14H18NO5P/c1-4-18-21(16,19-5-2)14-10-13(15-20-14)11-6-8-12(17-3)9-7-11/h6-10H,4-5H2,1-3H3. The predicted octanol–water partition coefficient (Wildman–Crippen LogP) is 3.24. The molecule has 1 aromatic heterocycles. The van der Waals surface area contributed by atoms with Gasteiger partial charge in [0, 0.05) is 11.6 Å². The van der Waals surface area contributed by atoms with Gasteiger partial charge in [0.05, 0.1) is 20.3 Å². The second kappa shape index (κ2) is 6.89. The molecule has 114 valence electrons. The molecule has 0 aliphatic carbocycles. The first-order valence-electron chi connectivity index (χ1n) is 6.63. The van der Waals surface area contributed by atoms with Crippen molar-refractivity contribution in [2.45, 2.75) is 13.8 Å². The van der Waals surface area contributed by atoms with Crippen LogP contribution < -0.4 is 10.2 Å². The molecule has 0 spiro atoms. The molecular formula is C14H18NO5P. The summed E-state index contributed by atoms with van der Waals surface area (Å²) in [6, 6.07) is 8.89. The van der Waals surface area contributed by atoms with E-state index in [1.165, 1.54) is 0 Å². The Hall–Kier alpha value is -1.62. The summed E-state index contributed by atoms with van der Waals surface area (Å²) in [5, 5.41) is 3.92. The summed E-state index contributed by atoms with van der Waals surface area (Å²) in [5.74, 6) is 0.747. The highest BCUT2D eigenvalue weighted by molar-refractivity contribution is 7.61. The number of nitrogens with zero attached hydrogens (tertiary/aromatic N) is 1. The van der Waals surface area contributed by atoms with Gasteiger partial charge in [0.25, 0.3) is 0 Å². The van der Waals surface area contributed by atoms with Gasteiger partial charge in [-0.05, 0) is 38.1 Å². The zero-order valence-electron chi connectivity index (χ0n) is 12.2. The van der Waals surface area contributed by atoms with Crippen LogP contribution in [0.4, 0.5) is 0 Å². The number of ether oxygens (including phenoxy) is 1. The zero-order chi connectivity index (χ0) is 15.3. The lowest BCUT2D eigenvalue weighted by atomic mass is 10.1. The highest BCUT2D eigenvalue weighted by atomic mass is 31.2. The number of methoxy groups -OCH3 is 1. The Kier molecular flexibility index (Phi) is 5.17. The van der Waals surface area contributed by atoms with Crippen molar-refractivity contribution in [1.29, 1.82) is 0 Å². The van der Waals surface area contributed by atoms with Crippen molar-refractivity contribution in [3.63, 3.8) is 0 Å². The lowest BCUT2D eigenvalue weighted by Gasteiger charge is -2.12. The van der Waals surface area contributed by atoms with Gasteiger partial charge in [-0.15, -0.1) is 0 Å². The Morgan fingerprint density at radius 2 is 1.76 bits per heavy atom. The minimum Gasteiger partial charge on any atom is -0.497 e. The van der Waals surface area contributed by atoms with E-state index in [0.717, 1.165) is 11.3 Å². The summed E-state index contributed by atoms with van der Waals surface area (Å²) < 4.78 is 33.3. The van der Waals surface area contributed by atoms with Gasteiger partial charge < -0.3 is 18.3 Å². The van der Waals surface area contributed by atoms with Crippen LogP contribution in [0, 0.1) is 0 Å². The fraction of sp³-hybridized carbons (Fsp3) is 0.357. The summed E-state index contributed by atoms with van der Waals surface area (Å²) in [5.41, 5.74) is 1.50. The van der Waals surface area contributed by atoms with Gasteiger partial charge >= 0.3 is 7.60 Å². The second-order valence-electron chi connectivity index (χ2n) is 4.11. The fourth-order valence-corrected chi connectivity index (χ4v) is 3.23. The van der Waals surface area contributed by atoms with Crippen molar-refractivity contribution in [3.8, 4) is 17.0 Å². The quantitative estimate of drug-likeness (QED) is 0.731. The van der Waals surface area contributed by atoms with Gasteiger partial charge in [0.2, 0.25) is 5.50 Å². The van der Waals surface area contributed by atoms with Crippen LogP contribution in [0.1, 0.15) is 13.8 Å². The topological polar surface area (TPSA) is 70.8 Å². The zero-order valence-corrected chi connectivity index (χ0v) is 13.1. The maximum absolute atomic E-state index is 12.6. The first-order chi connectivity index (χ1) is 10.1. The van der Waals surface area contributed by atoms with E-state index in [9.17, 15) is 4.57 Å². The van der Waals surface area contributed by atoms with Crippen LogP contribution in [0.3, 0.4) is 0 Å².